The molecule has 1 atom stereocenters. The molecule has 2 aromatic rings. The van der Waals surface area contributed by atoms with Gasteiger partial charge in [-0.1, -0.05) is 54.8 Å². The van der Waals surface area contributed by atoms with Gasteiger partial charge >= 0.3 is 0 Å². The van der Waals surface area contributed by atoms with Gasteiger partial charge in [-0.2, -0.15) is 0 Å². The van der Waals surface area contributed by atoms with Crippen molar-refractivity contribution in [2.45, 2.75) is 81.0 Å². The fraction of sp³-hybridized carbons (Fsp3) is 0.591. The molecule has 0 bridgehead atoms. The molecule has 0 aliphatic heterocycles. The number of amides is 1. The first-order valence-electron chi connectivity index (χ1n) is 10.8. The van der Waals surface area contributed by atoms with Crippen LogP contribution >= 0.6 is 23.4 Å². The van der Waals surface area contributed by atoms with Gasteiger partial charge in [0.15, 0.2) is 11.0 Å². The molecule has 1 amide bonds. The zero-order valence-corrected chi connectivity index (χ0v) is 19.2. The van der Waals surface area contributed by atoms with E-state index >= 15 is 0 Å². The minimum Gasteiger partial charge on any atom is -0.484 e. The zero-order chi connectivity index (χ0) is 21.1. The summed E-state index contributed by atoms with van der Waals surface area (Å²) >= 11 is 7.69. The van der Waals surface area contributed by atoms with Gasteiger partial charge in [0.2, 0.25) is 5.91 Å². The molecule has 1 aromatic carbocycles. The first-order valence-corrected chi connectivity index (χ1v) is 12.0. The summed E-state index contributed by atoms with van der Waals surface area (Å²) in [6, 6.07) is 8.18. The topological polar surface area (TPSA) is 60.3 Å². The Morgan fingerprint density at radius 1 is 1.23 bits per heavy atom. The summed E-state index contributed by atoms with van der Waals surface area (Å²) in [6.45, 7) is 2.27. The molecule has 1 heterocycles. The molecule has 0 saturated heterocycles. The third-order valence-corrected chi connectivity index (χ3v) is 7.30. The van der Waals surface area contributed by atoms with Crippen LogP contribution in [0.1, 0.15) is 63.7 Å². The monoisotopic (exact) mass is 448 g/mol. The number of para-hydroxylation sites is 1. The number of carbonyl (C=O) groups is 1. The van der Waals surface area contributed by atoms with Crippen molar-refractivity contribution in [1.29, 1.82) is 0 Å². The average molecular weight is 449 g/mol. The molecule has 1 unspecified atom stereocenters. The second kappa shape index (κ2) is 9.60. The summed E-state index contributed by atoms with van der Waals surface area (Å²) in [5.74, 6) is 1.59. The summed E-state index contributed by atoms with van der Waals surface area (Å²) in [5, 5.41) is 9.95. The molecule has 4 rings (SSSR count). The Labute approximate surface area is 187 Å². The molecule has 0 N–H and O–H groups in total. The van der Waals surface area contributed by atoms with Crippen molar-refractivity contribution in [3.05, 3.63) is 35.1 Å². The maximum atomic E-state index is 13.0. The molecule has 0 spiro atoms. The van der Waals surface area contributed by atoms with Crippen LogP contribution in [0.5, 0.6) is 5.75 Å². The standard InChI is InChI=1S/C22H29ClN4O2S/c1-15(21(28)26(2)16-8-4-3-5-9-16)30-22-25-24-20(27(22)17-12-13-17)14-29-19-11-7-6-10-18(19)23/h6-7,10-11,15-17H,3-5,8-9,12-14H2,1-2H3. The van der Waals surface area contributed by atoms with Gasteiger partial charge < -0.3 is 9.64 Å². The Morgan fingerprint density at radius 2 is 1.97 bits per heavy atom. The van der Waals surface area contributed by atoms with Crippen LogP contribution in [0.3, 0.4) is 0 Å². The zero-order valence-electron chi connectivity index (χ0n) is 17.6. The van der Waals surface area contributed by atoms with Crippen LogP contribution in [0, 0.1) is 0 Å². The Hall–Kier alpha value is -1.73. The number of rotatable bonds is 8. The third kappa shape index (κ3) is 4.94. The number of hydrogen-bond donors (Lipinski definition) is 0. The number of benzene rings is 1. The maximum absolute atomic E-state index is 13.0. The molecule has 30 heavy (non-hydrogen) atoms. The minimum absolute atomic E-state index is 0.172. The molecule has 0 radical (unpaired) electrons. The normalized spacial score (nSPS) is 18.2. The Bertz CT molecular complexity index is 880. The van der Waals surface area contributed by atoms with Crippen LogP contribution < -0.4 is 4.74 Å². The molecular weight excluding hydrogens is 420 g/mol. The molecule has 8 heteroatoms. The average Bonchev–Trinajstić information content (AvgIpc) is 3.53. The highest BCUT2D eigenvalue weighted by molar-refractivity contribution is 8.00. The largest absolute Gasteiger partial charge is 0.484 e. The maximum Gasteiger partial charge on any atom is 0.235 e. The van der Waals surface area contributed by atoms with Crippen molar-refractivity contribution in [2.75, 3.05) is 7.05 Å². The minimum atomic E-state index is -0.198. The molecule has 2 aliphatic rings. The Morgan fingerprint density at radius 3 is 2.67 bits per heavy atom. The summed E-state index contributed by atoms with van der Waals surface area (Å²) < 4.78 is 8.03. The highest BCUT2D eigenvalue weighted by atomic mass is 35.5. The lowest BCUT2D eigenvalue weighted by Gasteiger charge is -2.32. The lowest BCUT2D eigenvalue weighted by molar-refractivity contribution is -0.131. The number of ether oxygens (including phenoxy) is 1. The van der Waals surface area contributed by atoms with E-state index in [9.17, 15) is 4.79 Å². The fourth-order valence-corrected chi connectivity index (χ4v) is 5.26. The van der Waals surface area contributed by atoms with Gasteiger partial charge in [0.1, 0.15) is 12.4 Å². The number of carbonyl (C=O) groups excluding carboxylic acids is 1. The highest BCUT2D eigenvalue weighted by Crippen LogP contribution is 2.40. The lowest BCUT2D eigenvalue weighted by Crippen LogP contribution is -2.42. The van der Waals surface area contributed by atoms with Crippen LogP contribution in [0.2, 0.25) is 5.02 Å². The van der Waals surface area contributed by atoms with Crippen LogP contribution in [-0.2, 0) is 11.4 Å². The van der Waals surface area contributed by atoms with E-state index in [0.29, 0.717) is 29.5 Å². The highest BCUT2D eigenvalue weighted by Gasteiger charge is 2.32. The molecule has 2 fully saturated rings. The molecule has 2 aliphatic carbocycles. The summed E-state index contributed by atoms with van der Waals surface area (Å²) in [6.07, 6.45) is 8.16. The van der Waals surface area contributed by atoms with E-state index in [1.54, 1.807) is 6.07 Å². The predicted molar refractivity (Wildman–Crippen MR) is 119 cm³/mol. The Kier molecular flexibility index (Phi) is 6.88. The van der Waals surface area contributed by atoms with E-state index < -0.39 is 0 Å². The SMILES string of the molecule is CC(Sc1nnc(COc2ccccc2Cl)n1C1CC1)C(=O)N(C)C1CCCCC1. The van der Waals surface area contributed by atoms with Crippen molar-refractivity contribution in [3.63, 3.8) is 0 Å². The second-order valence-electron chi connectivity index (χ2n) is 8.22. The van der Waals surface area contributed by atoms with Crippen molar-refractivity contribution >= 4 is 29.3 Å². The summed E-state index contributed by atoms with van der Waals surface area (Å²) in [5.41, 5.74) is 0. The van der Waals surface area contributed by atoms with Gasteiger partial charge in [0.05, 0.1) is 10.3 Å². The first kappa shape index (κ1) is 21.5. The van der Waals surface area contributed by atoms with Crippen molar-refractivity contribution < 1.29 is 9.53 Å². The number of aromatic nitrogens is 3. The van der Waals surface area contributed by atoms with Gasteiger partial charge in [-0.05, 0) is 44.7 Å². The molecule has 1 aromatic heterocycles. The van der Waals surface area contributed by atoms with Gasteiger partial charge in [-0.15, -0.1) is 10.2 Å². The third-order valence-electron chi connectivity index (χ3n) is 5.94. The van der Waals surface area contributed by atoms with Gasteiger partial charge in [0, 0.05) is 19.1 Å². The van der Waals surface area contributed by atoms with E-state index in [1.807, 2.05) is 37.1 Å². The molecular formula is C22H29ClN4O2S. The lowest BCUT2D eigenvalue weighted by atomic mass is 9.94. The molecule has 2 saturated carbocycles. The van der Waals surface area contributed by atoms with Crippen LogP contribution in [0.25, 0.3) is 0 Å². The van der Waals surface area contributed by atoms with Crippen LogP contribution in [0.15, 0.2) is 29.4 Å². The van der Waals surface area contributed by atoms with Gasteiger partial charge in [-0.3, -0.25) is 9.36 Å². The quantitative estimate of drug-likeness (QED) is 0.524. The fourth-order valence-electron chi connectivity index (χ4n) is 4.03. The van der Waals surface area contributed by atoms with Gasteiger partial charge in [-0.25, -0.2) is 0 Å². The first-order chi connectivity index (χ1) is 14.5. The summed E-state index contributed by atoms with van der Waals surface area (Å²) in [4.78, 5) is 15.0. The van der Waals surface area contributed by atoms with Crippen LogP contribution in [-0.4, -0.2) is 43.9 Å². The Balaban J connectivity index is 1.42. The smallest absolute Gasteiger partial charge is 0.235 e. The van der Waals surface area contributed by atoms with E-state index in [-0.39, 0.29) is 11.2 Å². The number of thioether (sulfide) groups is 1. The molecule has 6 nitrogen and oxygen atoms in total. The van der Waals surface area contributed by atoms with E-state index in [4.69, 9.17) is 16.3 Å². The van der Waals surface area contributed by atoms with Crippen molar-refractivity contribution in [1.82, 2.24) is 19.7 Å². The van der Waals surface area contributed by atoms with Gasteiger partial charge in [0.25, 0.3) is 0 Å². The number of halogens is 1. The number of nitrogens with zero attached hydrogens (tertiary/aromatic N) is 4. The van der Waals surface area contributed by atoms with E-state index in [0.717, 1.165) is 36.7 Å². The van der Waals surface area contributed by atoms with Crippen LogP contribution in [0.4, 0.5) is 0 Å². The van der Waals surface area contributed by atoms with E-state index in [2.05, 4.69) is 14.8 Å². The van der Waals surface area contributed by atoms with Crippen molar-refractivity contribution in [2.24, 2.45) is 0 Å². The number of hydrogen-bond acceptors (Lipinski definition) is 5. The predicted octanol–water partition coefficient (Wildman–Crippen LogP) is 5.12. The summed E-state index contributed by atoms with van der Waals surface area (Å²) in [7, 11) is 1.95. The van der Waals surface area contributed by atoms with Crippen molar-refractivity contribution in [3.8, 4) is 5.75 Å². The van der Waals surface area contributed by atoms with E-state index in [1.165, 1.54) is 31.0 Å². The second-order valence-corrected chi connectivity index (χ2v) is 9.94. The molecule has 162 valence electrons.